The minimum Gasteiger partial charge on any atom is -0.485 e. The number of ether oxygens (including phenoxy) is 2. The van der Waals surface area contributed by atoms with Gasteiger partial charge in [-0.2, -0.15) is 0 Å². The van der Waals surface area contributed by atoms with Gasteiger partial charge in [-0.25, -0.2) is 0 Å². The van der Waals surface area contributed by atoms with Gasteiger partial charge in [0.25, 0.3) is 0 Å². The molecule has 0 amide bonds. The molecule has 124 valence electrons. The van der Waals surface area contributed by atoms with Gasteiger partial charge in [0.05, 0.1) is 13.0 Å². The van der Waals surface area contributed by atoms with E-state index in [-0.39, 0.29) is 18.5 Å². The van der Waals surface area contributed by atoms with Crippen LogP contribution in [0.5, 0.6) is 5.75 Å². The fraction of sp³-hybridized carbons (Fsp3) is 0.286. The maximum Gasteiger partial charge on any atom is 0.310 e. The van der Waals surface area contributed by atoms with Crippen LogP contribution in [0.3, 0.4) is 0 Å². The molecule has 0 aromatic heterocycles. The second-order valence-corrected chi connectivity index (χ2v) is 5.98. The number of benzene rings is 2. The quantitative estimate of drug-likeness (QED) is 0.768. The lowest BCUT2D eigenvalue weighted by atomic mass is 9.97. The molecule has 1 aliphatic rings. The number of hydrogen-bond acceptors (Lipinski definition) is 3. The lowest BCUT2D eigenvalue weighted by Gasteiger charge is -2.16. The molecule has 0 spiro atoms. The Morgan fingerprint density at radius 3 is 2.71 bits per heavy atom. The molecule has 1 atom stereocenters. The van der Waals surface area contributed by atoms with Crippen molar-refractivity contribution in [1.29, 1.82) is 0 Å². The first-order valence-corrected chi connectivity index (χ1v) is 8.33. The van der Waals surface area contributed by atoms with E-state index in [2.05, 4.69) is 31.2 Å². The highest BCUT2D eigenvalue weighted by Crippen LogP contribution is 2.33. The number of carbonyl (C=O) groups excluding carboxylic acids is 1. The SMILES string of the molecule is CCOC(=O)C/C(=C/c1ccccc1C)C1Cc2ccccc2O1. The van der Waals surface area contributed by atoms with Crippen LogP contribution >= 0.6 is 0 Å². The Morgan fingerprint density at radius 1 is 1.21 bits per heavy atom. The number of para-hydroxylation sites is 1. The zero-order valence-electron chi connectivity index (χ0n) is 14.1. The minimum absolute atomic E-state index is 0.119. The topological polar surface area (TPSA) is 35.5 Å². The summed E-state index contributed by atoms with van der Waals surface area (Å²) in [4.78, 5) is 12.0. The molecule has 2 aromatic carbocycles. The highest BCUT2D eigenvalue weighted by molar-refractivity contribution is 5.75. The Balaban J connectivity index is 1.89. The Hall–Kier alpha value is -2.55. The first-order valence-electron chi connectivity index (χ1n) is 8.33. The predicted octanol–water partition coefficient (Wildman–Crippen LogP) is 4.34. The van der Waals surface area contributed by atoms with Crippen molar-refractivity contribution in [2.24, 2.45) is 0 Å². The van der Waals surface area contributed by atoms with Crippen molar-refractivity contribution in [3.63, 3.8) is 0 Å². The fourth-order valence-corrected chi connectivity index (χ4v) is 2.97. The lowest BCUT2D eigenvalue weighted by molar-refractivity contribution is -0.142. The summed E-state index contributed by atoms with van der Waals surface area (Å²) in [6.45, 7) is 4.28. The molecule has 3 nitrogen and oxygen atoms in total. The number of hydrogen-bond donors (Lipinski definition) is 0. The standard InChI is InChI=1S/C21H22O3/c1-3-23-21(22)14-18(12-16-9-5-4-8-15(16)2)20-13-17-10-6-7-11-19(17)24-20/h4-12,20H,3,13-14H2,1-2H3/b18-12-. The van der Waals surface area contributed by atoms with Gasteiger partial charge in [0.15, 0.2) is 0 Å². The molecule has 1 unspecified atom stereocenters. The Kier molecular flexibility index (Phi) is 4.99. The van der Waals surface area contributed by atoms with Crippen LogP contribution in [0.1, 0.15) is 30.0 Å². The summed E-state index contributed by atoms with van der Waals surface area (Å²) in [5.41, 5.74) is 4.42. The number of aryl methyl sites for hydroxylation is 1. The maximum atomic E-state index is 12.0. The molecule has 3 rings (SSSR count). The summed E-state index contributed by atoms with van der Waals surface area (Å²) in [5.74, 6) is 0.693. The second-order valence-electron chi connectivity index (χ2n) is 5.98. The van der Waals surface area contributed by atoms with Gasteiger partial charge in [-0.05, 0) is 42.2 Å². The van der Waals surface area contributed by atoms with E-state index < -0.39 is 0 Å². The van der Waals surface area contributed by atoms with E-state index in [1.165, 1.54) is 11.1 Å². The predicted molar refractivity (Wildman–Crippen MR) is 95.0 cm³/mol. The molecular weight excluding hydrogens is 300 g/mol. The van der Waals surface area contributed by atoms with Gasteiger partial charge in [0, 0.05) is 6.42 Å². The molecule has 0 saturated heterocycles. The third kappa shape index (κ3) is 3.67. The summed E-state index contributed by atoms with van der Waals surface area (Å²) in [6, 6.07) is 16.2. The van der Waals surface area contributed by atoms with Gasteiger partial charge in [0.1, 0.15) is 11.9 Å². The Labute approximate surface area is 142 Å². The molecule has 0 fully saturated rings. The van der Waals surface area contributed by atoms with E-state index in [1.807, 2.05) is 37.3 Å². The normalized spacial score (nSPS) is 16.4. The van der Waals surface area contributed by atoms with Crippen LogP contribution in [0.4, 0.5) is 0 Å². The molecule has 0 bridgehead atoms. The average Bonchev–Trinajstić information content (AvgIpc) is 3.00. The van der Waals surface area contributed by atoms with E-state index in [9.17, 15) is 4.79 Å². The van der Waals surface area contributed by atoms with Crippen LogP contribution in [0.25, 0.3) is 6.08 Å². The first-order chi connectivity index (χ1) is 11.7. The minimum atomic E-state index is -0.211. The monoisotopic (exact) mass is 322 g/mol. The summed E-state index contributed by atoms with van der Waals surface area (Å²) in [7, 11) is 0. The summed E-state index contributed by atoms with van der Waals surface area (Å²) >= 11 is 0. The maximum absolute atomic E-state index is 12.0. The zero-order valence-corrected chi connectivity index (χ0v) is 14.1. The molecule has 24 heavy (non-hydrogen) atoms. The van der Waals surface area contributed by atoms with Gasteiger partial charge in [-0.15, -0.1) is 0 Å². The molecule has 2 aromatic rings. The lowest BCUT2D eigenvalue weighted by Crippen LogP contribution is -2.19. The van der Waals surface area contributed by atoms with Crippen LogP contribution < -0.4 is 4.74 Å². The number of carbonyl (C=O) groups is 1. The largest absolute Gasteiger partial charge is 0.485 e. The summed E-state index contributed by atoms with van der Waals surface area (Å²) in [5, 5.41) is 0. The van der Waals surface area contributed by atoms with E-state index in [0.29, 0.717) is 6.61 Å². The van der Waals surface area contributed by atoms with Crippen LogP contribution in [0, 0.1) is 6.92 Å². The molecular formula is C21H22O3. The molecule has 1 aliphatic heterocycles. The van der Waals surface area contributed by atoms with Gasteiger partial charge in [-0.1, -0.05) is 48.5 Å². The molecule has 1 heterocycles. The van der Waals surface area contributed by atoms with Gasteiger partial charge in [0.2, 0.25) is 0 Å². The van der Waals surface area contributed by atoms with Crippen LogP contribution in [-0.4, -0.2) is 18.7 Å². The van der Waals surface area contributed by atoms with E-state index in [4.69, 9.17) is 9.47 Å². The second kappa shape index (κ2) is 7.35. The molecule has 0 saturated carbocycles. The van der Waals surface area contributed by atoms with Crippen LogP contribution in [0.2, 0.25) is 0 Å². The third-order valence-electron chi connectivity index (χ3n) is 4.24. The van der Waals surface area contributed by atoms with E-state index >= 15 is 0 Å². The summed E-state index contributed by atoms with van der Waals surface area (Å²) < 4.78 is 11.2. The van der Waals surface area contributed by atoms with Crippen LogP contribution in [-0.2, 0) is 16.0 Å². The van der Waals surface area contributed by atoms with E-state index in [1.54, 1.807) is 0 Å². The van der Waals surface area contributed by atoms with Crippen molar-refractivity contribution < 1.29 is 14.3 Å². The Morgan fingerprint density at radius 2 is 1.96 bits per heavy atom. The van der Waals surface area contributed by atoms with Gasteiger partial charge < -0.3 is 9.47 Å². The van der Waals surface area contributed by atoms with Crippen LogP contribution in [0.15, 0.2) is 54.1 Å². The molecule has 0 N–H and O–H groups in total. The van der Waals surface area contributed by atoms with Crippen molar-refractivity contribution in [3.8, 4) is 5.75 Å². The smallest absolute Gasteiger partial charge is 0.310 e. The highest BCUT2D eigenvalue weighted by Gasteiger charge is 2.27. The summed E-state index contributed by atoms with van der Waals surface area (Å²) in [6.07, 6.45) is 2.99. The number of rotatable bonds is 5. The van der Waals surface area contributed by atoms with Crippen molar-refractivity contribution in [1.82, 2.24) is 0 Å². The number of esters is 1. The molecule has 0 aliphatic carbocycles. The number of fused-ring (bicyclic) bond motifs is 1. The van der Waals surface area contributed by atoms with Crippen molar-refractivity contribution >= 4 is 12.0 Å². The average molecular weight is 322 g/mol. The van der Waals surface area contributed by atoms with E-state index in [0.717, 1.165) is 23.3 Å². The third-order valence-corrected chi connectivity index (χ3v) is 4.24. The van der Waals surface area contributed by atoms with Crippen molar-refractivity contribution in [3.05, 3.63) is 70.8 Å². The fourth-order valence-electron chi connectivity index (χ4n) is 2.97. The van der Waals surface area contributed by atoms with Crippen molar-refractivity contribution in [2.45, 2.75) is 32.8 Å². The highest BCUT2D eigenvalue weighted by atomic mass is 16.5. The van der Waals surface area contributed by atoms with Crippen molar-refractivity contribution in [2.75, 3.05) is 6.61 Å². The van der Waals surface area contributed by atoms with Gasteiger partial charge >= 0.3 is 5.97 Å². The zero-order chi connectivity index (χ0) is 16.9. The molecule has 0 radical (unpaired) electrons. The van der Waals surface area contributed by atoms with Gasteiger partial charge in [-0.3, -0.25) is 4.79 Å². The molecule has 3 heteroatoms. The first kappa shape index (κ1) is 16.3. The Bertz CT molecular complexity index is 736.